The number of benzene rings is 1. The molecule has 1 aliphatic carbocycles. The highest BCUT2D eigenvalue weighted by atomic mass is 19.1. The van der Waals surface area contributed by atoms with Gasteiger partial charge in [0.15, 0.2) is 0 Å². The zero-order chi connectivity index (χ0) is 14.3. The summed E-state index contributed by atoms with van der Waals surface area (Å²) in [5.74, 6) is -0.208. The number of fused-ring (bicyclic) bond motifs is 1. The van der Waals surface area contributed by atoms with Crippen LogP contribution < -0.4 is 5.73 Å². The van der Waals surface area contributed by atoms with Crippen LogP contribution in [0.1, 0.15) is 43.1 Å². The van der Waals surface area contributed by atoms with Gasteiger partial charge < -0.3 is 5.73 Å². The number of rotatable bonds is 2. The van der Waals surface area contributed by atoms with Gasteiger partial charge in [-0.05, 0) is 36.0 Å². The van der Waals surface area contributed by atoms with Crippen molar-refractivity contribution in [3.8, 4) is 0 Å². The largest absolute Gasteiger partial charge is 0.324 e. The van der Waals surface area contributed by atoms with E-state index in [4.69, 9.17) is 5.73 Å². The predicted molar refractivity (Wildman–Crippen MR) is 76.8 cm³/mol. The van der Waals surface area contributed by atoms with E-state index in [0.717, 1.165) is 24.0 Å². The maximum atomic E-state index is 13.3. The van der Waals surface area contributed by atoms with Gasteiger partial charge in [0.05, 0.1) is 12.7 Å². The Morgan fingerprint density at radius 3 is 3.00 bits per heavy atom. The van der Waals surface area contributed by atoms with Crippen LogP contribution in [0.25, 0.3) is 0 Å². The van der Waals surface area contributed by atoms with E-state index in [1.54, 1.807) is 12.1 Å². The van der Waals surface area contributed by atoms with Crippen molar-refractivity contribution in [3.05, 3.63) is 53.1 Å². The molecular formula is C16H20FN3. The second-order valence-electron chi connectivity index (χ2n) is 6.49. The molecule has 1 aromatic heterocycles. The van der Waals surface area contributed by atoms with Crippen LogP contribution in [0.5, 0.6) is 0 Å². The molecule has 1 aliphatic rings. The molecule has 3 rings (SSSR count). The van der Waals surface area contributed by atoms with Gasteiger partial charge in [0.1, 0.15) is 5.82 Å². The lowest BCUT2D eigenvalue weighted by Crippen LogP contribution is -2.30. The van der Waals surface area contributed by atoms with Crippen LogP contribution in [-0.4, -0.2) is 9.78 Å². The van der Waals surface area contributed by atoms with E-state index in [2.05, 4.69) is 18.9 Å². The topological polar surface area (TPSA) is 43.8 Å². The molecule has 1 aromatic carbocycles. The van der Waals surface area contributed by atoms with E-state index >= 15 is 0 Å². The van der Waals surface area contributed by atoms with Crippen molar-refractivity contribution in [3.63, 3.8) is 0 Å². The molecule has 1 atom stereocenters. The highest BCUT2D eigenvalue weighted by molar-refractivity contribution is 5.28. The summed E-state index contributed by atoms with van der Waals surface area (Å²) in [6, 6.07) is 6.72. The number of hydrogen-bond acceptors (Lipinski definition) is 2. The van der Waals surface area contributed by atoms with Crippen LogP contribution in [0, 0.1) is 11.2 Å². The number of nitrogens with zero attached hydrogens (tertiary/aromatic N) is 2. The molecular weight excluding hydrogens is 253 g/mol. The van der Waals surface area contributed by atoms with Crippen molar-refractivity contribution >= 4 is 0 Å². The summed E-state index contributed by atoms with van der Waals surface area (Å²) in [6.07, 6.45) is 3.81. The van der Waals surface area contributed by atoms with Gasteiger partial charge in [0.25, 0.3) is 0 Å². The lowest BCUT2D eigenvalue weighted by molar-refractivity contribution is 0.275. The maximum Gasteiger partial charge on any atom is 0.123 e. The Bertz CT molecular complexity index is 630. The average molecular weight is 273 g/mol. The smallest absolute Gasteiger partial charge is 0.123 e. The molecule has 20 heavy (non-hydrogen) atoms. The first-order valence-electron chi connectivity index (χ1n) is 6.99. The second-order valence-corrected chi connectivity index (χ2v) is 6.49. The molecule has 2 N–H and O–H groups in total. The summed E-state index contributed by atoms with van der Waals surface area (Å²) in [7, 11) is 0. The average Bonchev–Trinajstić information content (AvgIpc) is 2.71. The molecule has 0 saturated carbocycles. The normalized spacial score (nSPS) is 20.7. The zero-order valence-electron chi connectivity index (χ0n) is 11.9. The minimum atomic E-state index is -0.208. The van der Waals surface area contributed by atoms with Crippen LogP contribution in [0.15, 0.2) is 30.5 Å². The summed E-state index contributed by atoms with van der Waals surface area (Å²) >= 11 is 0. The fraction of sp³-hybridized carbons (Fsp3) is 0.438. The predicted octanol–water partition coefficient (Wildman–Crippen LogP) is 3.04. The van der Waals surface area contributed by atoms with Crippen molar-refractivity contribution in [1.82, 2.24) is 9.78 Å². The van der Waals surface area contributed by atoms with Crippen LogP contribution >= 0.6 is 0 Å². The van der Waals surface area contributed by atoms with Gasteiger partial charge in [-0.15, -0.1) is 0 Å². The van der Waals surface area contributed by atoms with Crippen LogP contribution in [0.3, 0.4) is 0 Å². The Morgan fingerprint density at radius 1 is 1.45 bits per heavy atom. The molecule has 0 bridgehead atoms. The van der Waals surface area contributed by atoms with Gasteiger partial charge in [-0.3, -0.25) is 4.68 Å². The summed E-state index contributed by atoms with van der Waals surface area (Å²) in [6.45, 7) is 5.06. The molecule has 4 heteroatoms. The first-order chi connectivity index (χ1) is 9.44. The van der Waals surface area contributed by atoms with E-state index in [1.165, 1.54) is 11.8 Å². The third-order valence-corrected chi connectivity index (χ3v) is 4.02. The van der Waals surface area contributed by atoms with Crippen LogP contribution in [0.4, 0.5) is 4.39 Å². The van der Waals surface area contributed by atoms with E-state index in [-0.39, 0.29) is 17.3 Å². The molecule has 3 nitrogen and oxygen atoms in total. The van der Waals surface area contributed by atoms with E-state index in [1.807, 2.05) is 16.9 Å². The lowest BCUT2D eigenvalue weighted by Gasteiger charge is -2.33. The number of aromatic nitrogens is 2. The van der Waals surface area contributed by atoms with Gasteiger partial charge in [-0.1, -0.05) is 26.0 Å². The van der Waals surface area contributed by atoms with Crippen LogP contribution in [0.2, 0.25) is 0 Å². The Labute approximate surface area is 118 Å². The minimum Gasteiger partial charge on any atom is -0.324 e. The molecule has 0 radical (unpaired) electrons. The molecule has 0 amide bonds. The molecule has 0 spiro atoms. The fourth-order valence-corrected chi connectivity index (χ4v) is 3.10. The van der Waals surface area contributed by atoms with E-state index < -0.39 is 0 Å². The molecule has 106 valence electrons. The van der Waals surface area contributed by atoms with Crippen molar-refractivity contribution in [2.75, 3.05) is 0 Å². The van der Waals surface area contributed by atoms with E-state index in [0.29, 0.717) is 6.54 Å². The molecule has 1 heterocycles. The van der Waals surface area contributed by atoms with E-state index in [9.17, 15) is 4.39 Å². The summed E-state index contributed by atoms with van der Waals surface area (Å²) < 4.78 is 15.2. The van der Waals surface area contributed by atoms with Gasteiger partial charge >= 0.3 is 0 Å². The van der Waals surface area contributed by atoms with Crippen molar-refractivity contribution in [2.45, 2.75) is 39.3 Å². The Morgan fingerprint density at radius 2 is 2.25 bits per heavy atom. The lowest BCUT2D eigenvalue weighted by atomic mass is 9.75. The molecule has 0 aliphatic heterocycles. The summed E-state index contributed by atoms with van der Waals surface area (Å²) in [5.41, 5.74) is 9.68. The Kier molecular flexibility index (Phi) is 3.13. The van der Waals surface area contributed by atoms with Crippen molar-refractivity contribution in [1.29, 1.82) is 0 Å². The van der Waals surface area contributed by atoms with Crippen LogP contribution in [-0.2, 0) is 13.0 Å². The first kappa shape index (κ1) is 13.3. The Hall–Kier alpha value is -1.68. The molecule has 0 fully saturated rings. The summed E-state index contributed by atoms with van der Waals surface area (Å²) in [4.78, 5) is 0. The minimum absolute atomic E-state index is 0.0509. The van der Waals surface area contributed by atoms with Gasteiger partial charge in [0.2, 0.25) is 0 Å². The zero-order valence-corrected chi connectivity index (χ0v) is 11.9. The monoisotopic (exact) mass is 273 g/mol. The number of hydrogen-bond donors (Lipinski definition) is 1. The number of nitrogens with two attached hydrogens (primary N) is 1. The Balaban J connectivity index is 1.93. The highest BCUT2D eigenvalue weighted by Gasteiger charge is 2.33. The molecule has 1 unspecified atom stereocenters. The van der Waals surface area contributed by atoms with Crippen molar-refractivity contribution < 1.29 is 4.39 Å². The van der Waals surface area contributed by atoms with Gasteiger partial charge in [-0.25, -0.2) is 4.39 Å². The van der Waals surface area contributed by atoms with Gasteiger partial charge in [0, 0.05) is 17.3 Å². The first-order valence-corrected chi connectivity index (χ1v) is 6.99. The highest BCUT2D eigenvalue weighted by Crippen LogP contribution is 2.39. The quantitative estimate of drug-likeness (QED) is 0.914. The fourth-order valence-electron chi connectivity index (χ4n) is 3.10. The summed E-state index contributed by atoms with van der Waals surface area (Å²) in [5, 5.41) is 4.45. The second kappa shape index (κ2) is 4.70. The third-order valence-electron chi connectivity index (χ3n) is 4.02. The molecule has 2 aromatic rings. The number of halogens is 1. The van der Waals surface area contributed by atoms with Gasteiger partial charge in [-0.2, -0.15) is 5.10 Å². The maximum absolute atomic E-state index is 13.3. The standard InChI is InChI=1S/C16H20FN3/c1-16(2)7-14(18)13-9-19-20(15(13)8-16)10-11-4-3-5-12(17)6-11/h3-6,9,14H,7-8,10,18H2,1-2H3. The van der Waals surface area contributed by atoms with Crippen molar-refractivity contribution in [2.24, 2.45) is 11.1 Å². The third kappa shape index (κ3) is 2.48. The SMILES string of the molecule is CC1(C)Cc2c(cnn2Cc2cccc(F)c2)C(N)C1. The molecule has 0 saturated heterocycles.